The van der Waals surface area contributed by atoms with Crippen LogP contribution < -0.4 is 9.62 Å². The Morgan fingerprint density at radius 1 is 1.33 bits per heavy atom. The number of anilines is 1. The third kappa shape index (κ3) is 5.26. The van der Waals surface area contributed by atoms with Crippen LogP contribution in [0.25, 0.3) is 0 Å². The third-order valence-corrected chi connectivity index (χ3v) is 4.40. The van der Waals surface area contributed by atoms with Gasteiger partial charge in [-0.05, 0) is 24.5 Å². The molecule has 0 aromatic carbocycles. The number of aromatic nitrogens is 1. The molecule has 7 heteroatoms. The zero-order valence-corrected chi connectivity index (χ0v) is 13.7. The molecule has 1 aliphatic rings. The lowest BCUT2D eigenvalue weighted by Crippen LogP contribution is -2.43. The van der Waals surface area contributed by atoms with Gasteiger partial charge in [-0.1, -0.05) is 6.07 Å². The summed E-state index contributed by atoms with van der Waals surface area (Å²) in [7, 11) is 0.851. The highest BCUT2D eigenvalue weighted by Crippen LogP contribution is 2.15. The monoisotopic (exact) mass is 312 g/mol. The Kier molecular flexibility index (Phi) is 5.18. The summed E-state index contributed by atoms with van der Waals surface area (Å²) in [6, 6.07) is 4.20. The molecule has 2 heterocycles. The lowest BCUT2D eigenvalue weighted by molar-refractivity contribution is 0.200. The molecule has 1 N–H and O–H groups in total. The molecule has 0 aliphatic carbocycles. The van der Waals surface area contributed by atoms with Crippen LogP contribution in [0.3, 0.4) is 0 Å². The molecule has 1 saturated heterocycles. The predicted octanol–water partition coefficient (Wildman–Crippen LogP) is 0.661. The zero-order chi connectivity index (χ0) is 15.5. The number of likely N-dealkylation sites (tertiary alicyclic amines) is 1. The number of rotatable bonds is 5. The Hall–Kier alpha value is -1.18. The van der Waals surface area contributed by atoms with Crippen molar-refractivity contribution in [3.8, 4) is 0 Å². The van der Waals surface area contributed by atoms with Crippen molar-refractivity contribution in [2.24, 2.45) is 0 Å². The molecule has 0 unspecified atom stereocenters. The molecule has 1 aliphatic heterocycles. The Balaban J connectivity index is 1.83. The Morgan fingerprint density at radius 3 is 2.48 bits per heavy atom. The van der Waals surface area contributed by atoms with Gasteiger partial charge < -0.3 is 4.90 Å². The van der Waals surface area contributed by atoms with E-state index in [1.54, 1.807) is 0 Å². The number of hydrogen-bond acceptors (Lipinski definition) is 5. The van der Waals surface area contributed by atoms with E-state index in [2.05, 4.69) is 20.7 Å². The number of nitrogens with one attached hydrogen (secondary N) is 1. The molecule has 6 nitrogen and oxygen atoms in total. The van der Waals surface area contributed by atoms with E-state index in [4.69, 9.17) is 0 Å². The molecule has 2 rings (SSSR count). The normalized spacial score (nSPS) is 17.9. The van der Waals surface area contributed by atoms with E-state index in [-0.39, 0.29) is 6.04 Å². The molecule has 0 saturated carbocycles. The van der Waals surface area contributed by atoms with Gasteiger partial charge in [-0.15, -0.1) is 0 Å². The average Bonchev–Trinajstić information content (AvgIpc) is 2.40. The molecular weight excluding hydrogens is 288 g/mol. The molecule has 21 heavy (non-hydrogen) atoms. The summed E-state index contributed by atoms with van der Waals surface area (Å²) in [6.45, 7) is 2.68. The highest BCUT2D eigenvalue weighted by molar-refractivity contribution is 7.88. The van der Waals surface area contributed by atoms with E-state index in [0.717, 1.165) is 38.3 Å². The summed E-state index contributed by atoms with van der Waals surface area (Å²) < 4.78 is 25.1. The van der Waals surface area contributed by atoms with Crippen LogP contribution in [0.15, 0.2) is 18.3 Å². The summed E-state index contributed by atoms with van der Waals surface area (Å²) in [5.74, 6) is 0.954. The Labute approximate surface area is 127 Å². The molecule has 0 amide bonds. The highest BCUT2D eigenvalue weighted by atomic mass is 32.2. The standard InChI is InChI=1S/C14H24N4O2S/c1-17(2)14-5-4-12(10-15-14)11-18-8-6-13(7-9-18)16-21(3,19)20/h4-5,10,13,16H,6-9,11H2,1-3H3. The van der Waals surface area contributed by atoms with Gasteiger partial charge in [0.25, 0.3) is 0 Å². The minimum absolute atomic E-state index is 0.0745. The number of sulfonamides is 1. The molecule has 118 valence electrons. The maximum Gasteiger partial charge on any atom is 0.208 e. The van der Waals surface area contributed by atoms with Gasteiger partial charge >= 0.3 is 0 Å². The zero-order valence-electron chi connectivity index (χ0n) is 12.9. The second-order valence-corrected chi connectivity index (χ2v) is 7.64. The molecular formula is C14H24N4O2S. The van der Waals surface area contributed by atoms with Crippen molar-refractivity contribution in [1.82, 2.24) is 14.6 Å². The van der Waals surface area contributed by atoms with Crippen LogP contribution in [0.4, 0.5) is 5.82 Å². The maximum absolute atomic E-state index is 11.2. The lowest BCUT2D eigenvalue weighted by Gasteiger charge is -2.31. The Morgan fingerprint density at radius 2 is 2.00 bits per heavy atom. The van der Waals surface area contributed by atoms with Gasteiger partial charge in [0.05, 0.1) is 6.26 Å². The summed E-state index contributed by atoms with van der Waals surface area (Å²) in [5.41, 5.74) is 1.19. The van der Waals surface area contributed by atoms with Gasteiger partial charge in [-0.3, -0.25) is 4.90 Å². The fourth-order valence-corrected chi connectivity index (χ4v) is 3.39. The minimum Gasteiger partial charge on any atom is -0.363 e. The van der Waals surface area contributed by atoms with E-state index in [1.807, 2.05) is 31.3 Å². The largest absolute Gasteiger partial charge is 0.363 e. The van der Waals surface area contributed by atoms with Crippen molar-refractivity contribution >= 4 is 15.8 Å². The van der Waals surface area contributed by atoms with Crippen molar-refractivity contribution in [3.63, 3.8) is 0 Å². The maximum atomic E-state index is 11.2. The fourth-order valence-electron chi connectivity index (χ4n) is 2.54. The van der Waals surface area contributed by atoms with Crippen LogP contribution in [0.2, 0.25) is 0 Å². The van der Waals surface area contributed by atoms with Crippen LogP contribution >= 0.6 is 0 Å². The first-order chi connectivity index (χ1) is 9.83. The van der Waals surface area contributed by atoms with Crippen LogP contribution in [0.1, 0.15) is 18.4 Å². The first-order valence-corrected chi connectivity index (χ1v) is 9.04. The fraction of sp³-hybridized carbons (Fsp3) is 0.643. The second kappa shape index (κ2) is 6.72. The first kappa shape index (κ1) is 16.2. The predicted molar refractivity (Wildman–Crippen MR) is 84.8 cm³/mol. The van der Waals surface area contributed by atoms with Crippen molar-refractivity contribution in [3.05, 3.63) is 23.9 Å². The molecule has 1 aromatic heterocycles. The SMILES string of the molecule is CN(C)c1ccc(CN2CCC(NS(C)(=O)=O)CC2)cn1. The topological polar surface area (TPSA) is 65.5 Å². The molecule has 0 atom stereocenters. The summed E-state index contributed by atoms with van der Waals surface area (Å²) >= 11 is 0. The van der Waals surface area contributed by atoms with Crippen LogP contribution in [-0.2, 0) is 16.6 Å². The van der Waals surface area contributed by atoms with Gasteiger partial charge in [0.1, 0.15) is 5.82 Å². The van der Waals surface area contributed by atoms with Crippen molar-refractivity contribution in [2.45, 2.75) is 25.4 Å². The third-order valence-electron chi connectivity index (χ3n) is 3.64. The molecule has 1 aromatic rings. The van der Waals surface area contributed by atoms with E-state index >= 15 is 0 Å². The molecule has 1 fully saturated rings. The highest BCUT2D eigenvalue weighted by Gasteiger charge is 2.21. The van der Waals surface area contributed by atoms with E-state index in [0.29, 0.717) is 0 Å². The van der Waals surface area contributed by atoms with Gasteiger partial charge in [0.2, 0.25) is 10.0 Å². The molecule has 0 spiro atoms. The smallest absolute Gasteiger partial charge is 0.208 e. The van der Waals surface area contributed by atoms with E-state index in [9.17, 15) is 8.42 Å². The quantitative estimate of drug-likeness (QED) is 0.865. The summed E-state index contributed by atoms with van der Waals surface area (Å²) in [5, 5.41) is 0. The van der Waals surface area contributed by atoms with Crippen molar-refractivity contribution < 1.29 is 8.42 Å². The van der Waals surface area contributed by atoms with Crippen molar-refractivity contribution in [1.29, 1.82) is 0 Å². The Bertz CT molecular complexity index is 549. The van der Waals surface area contributed by atoms with Gasteiger partial charge in [-0.2, -0.15) is 0 Å². The lowest BCUT2D eigenvalue weighted by atomic mass is 10.1. The number of piperidine rings is 1. The van der Waals surface area contributed by atoms with Crippen LogP contribution in [0, 0.1) is 0 Å². The van der Waals surface area contributed by atoms with E-state index in [1.165, 1.54) is 11.8 Å². The molecule has 0 bridgehead atoms. The van der Waals surface area contributed by atoms with Gasteiger partial charge in [0, 0.05) is 46.0 Å². The number of hydrogen-bond donors (Lipinski definition) is 1. The first-order valence-electron chi connectivity index (χ1n) is 7.15. The van der Waals surface area contributed by atoms with Crippen LogP contribution in [0.5, 0.6) is 0 Å². The summed E-state index contributed by atoms with van der Waals surface area (Å²) in [4.78, 5) is 8.73. The molecule has 0 radical (unpaired) electrons. The second-order valence-electron chi connectivity index (χ2n) is 5.86. The summed E-state index contributed by atoms with van der Waals surface area (Å²) in [6.07, 6.45) is 4.85. The van der Waals surface area contributed by atoms with Gasteiger partial charge in [0.15, 0.2) is 0 Å². The number of nitrogens with zero attached hydrogens (tertiary/aromatic N) is 3. The van der Waals surface area contributed by atoms with Gasteiger partial charge in [-0.25, -0.2) is 18.1 Å². The van der Waals surface area contributed by atoms with Crippen LogP contribution in [-0.4, -0.2) is 57.8 Å². The van der Waals surface area contributed by atoms with E-state index < -0.39 is 10.0 Å². The number of pyridine rings is 1. The van der Waals surface area contributed by atoms with Crippen molar-refractivity contribution in [2.75, 3.05) is 38.3 Å². The minimum atomic E-state index is -3.10. The average molecular weight is 312 g/mol.